The average molecular weight is 412 g/mol. The van der Waals surface area contributed by atoms with E-state index in [4.69, 9.17) is 0 Å². The first-order valence-corrected chi connectivity index (χ1v) is 10.5. The van der Waals surface area contributed by atoms with Gasteiger partial charge in [0.05, 0.1) is 19.1 Å². The molecule has 5 heteroatoms. The quantitative estimate of drug-likeness (QED) is 0.544. The number of carboxylic acids is 1. The number of aliphatic hydroxyl groups is 1. The first kappa shape index (κ1) is 23.6. The number of amides is 1. The van der Waals surface area contributed by atoms with E-state index in [0.717, 1.165) is 24.0 Å². The van der Waals surface area contributed by atoms with E-state index in [1.807, 2.05) is 39.0 Å². The number of aliphatic hydroxyl groups excluding tert-OH is 1. The molecule has 0 aliphatic heterocycles. The van der Waals surface area contributed by atoms with E-state index in [1.54, 1.807) is 0 Å². The maximum absolute atomic E-state index is 12.7. The summed E-state index contributed by atoms with van der Waals surface area (Å²) in [6.07, 6.45) is 1.78. The van der Waals surface area contributed by atoms with Gasteiger partial charge in [0.25, 0.3) is 0 Å². The molecular formula is C25H33NO4. The summed E-state index contributed by atoms with van der Waals surface area (Å²) in [6, 6.07) is 18.1. The average Bonchev–Trinajstić information content (AvgIpc) is 2.71. The van der Waals surface area contributed by atoms with E-state index in [0.29, 0.717) is 6.42 Å². The molecule has 2 aromatic rings. The molecule has 0 unspecified atom stereocenters. The van der Waals surface area contributed by atoms with E-state index in [-0.39, 0.29) is 24.3 Å². The van der Waals surface area contributed by atoms with Gasteiger partial charge < -0.3 is 15.5 Å². The molecule has 3 N–H and O–H groups in total. The highest BCUT2D eigenvalue weighted by Crippen LogP contribution is 2.22. The van der Waals surface area contributed by atoms with Gasteiger partial charge >= 0.3 is 5.97 Å². The minimum atomic E-state index is -0.987. The van der Waals surface area contributed by atoms with Crippen LogP contribution in [0.1, 0.15) is 45.6 Å². The van der Waals surface area contributed by atoms with Crippen molar-refractivity contribution in [3.8, 4) is 11.1 Å². The van der Waals surface area contributed by atoms with Crippen LogP contribution in [-0.4, -0.2) is 34.7 Å². The Morgan fingerprint density at radius 3 is 2.10 bits per heavy atom. The second kappa shape index (κ2) is 10.9. The highest BCUT2D eigenvalue weighted by molar-refractivity contribution is 5.83. The van der Waals surface area contributed by atoms with Gasteiger partial charge in [0.2, 0.25) is 5.91 Å². The Kier molecular flexibility index (Phi) is 8.60. The summed E-state index contributed by atoms with van der Waals surface area (Å²) in [4.78, 5) is 23.9. The largest absolute Gasteiger partial charge is 0.481 e. The molecule has 0 aromatic heterocycles. The molecule has 2 aromatic carbocycles. The monoisotopic (exact) mass is 411 g/mol. The number of carbonyl (C=O) groups is 2. The Labute approximate surface area is 179 Å². The number of carboxylic acid groups (broad SMARTS) is 1. The van der Waals surface area contributed by atoms with Gasteiger partial charge in [0.1, 0.15) is 0 Å². The summed E-state index contributed by atoms with van der Waals surface area (Å²) in [5, 5.41) is 21.6. The molecule has 0 aliphatic carbocycles. The van der Waals surface area contributed by atoms with Crippen molar-refractivity contribution >= 4 is 11.9 Å². The van der Waals surface area contributed by atoms with Crippen LogP contribution in [0.2, 0.25) is 0 Å². The maximum Gasteiger partial charge on any atom is 0.304 e. The normalized spacial score (nSPS) is 13.5. The minimum absolute atomic E-state index is 0.178. The van der Waals surface area contributed by atoms with Crippen LogP contribution in [0.25, 0.3) is 11.1 Å². The lowest BCUT2D eigenvalue weighted by molar-refractivity contribution is -0.141. The van der Waals surface area contributed by atoms with Crippen molar-refractivity contribution in [2.45, 2.75) is 52.5 Å². The van der Waals surface area contributed by atoms with Gasteiger partial charge in [0, 0.05) is 5.92 Å². The molecule has 2 atom stereocenters. The number of aliphatic carboxylic acids is 1. The van der Waals surface area contributed by atoms with E-state index < -0.39 is 17.9 Å². The molecule has 0 fully saturated rings. The number of nitrogens with one attached hydrogen (secondary N) is 1. The summed E-state index contributed by atoms with van der Waals surface area (Å²) in [7, 11) is 0. The van der Waals surface area contributed by atoms with Crippen LogP contribution >= 0.6 is 0 Å². The number of hydrogen-bond acceptors (Lipinski definition) is 3. The molecule has 0 saturated heterocycles. The number of benzene rings is 2. The zero-order valence-electron chi connectivity index (χ0n) is 18.1. The number of carbonyl (C=O) groups excluding carboxylic acids is 1. The van der Waals surface area contributed by atoms with Crippen molar-refractivity contribution < 1.29 is 19.8 Å². The first-order chi connectivity index (χ1) is 14.2. The third-order valence-electron chi connectivity index (χ3n) is 5.42. The molecular weight excluding hydrogens is 378 g/mol. The Hall–Kier alpha value is -2.66. The van der Waals surface area contributed by atoms with E-state index in [2.05, 4.69) is 41.7 Å². The highest BCUT2D eigenvalue weighted by Gasteiger charge is 2.29. The van der Waals surface area contributed by atoms with Crippen LogP contribution in [0.3, 0.4) is 0 Å². The van der Waals surface area contributed by atoms with Gasteiger partial charge in [-0.3, -0.25) is 9.59 Å². The van der Waals surface area contributed by atoms with E-state index in [9.17, 15) is 19.8 Å². The second-order valence-electron chi connectivity index (χ2n) is 8.86. The lowest BCUT2D eigenvalue weighted by Crippen LogP contribution is -2.48. The predicted molar refractivity (Wildman–Crippen MR) is 119 cm³/mol. The lowest BCUT2D eigenvalue weighted by Gasteiger charge is -2.31. The second-order valence-corrected chi connectivity index (χ2v) is 8.86. The van der Waals surface area contributed by atoms with Gasteiger partial charge in [-0.2, -0.15) is 0 Å². The summed E-state index contributed by atoms with van der Waals surface area (Å²) in [5.41, 5.74) is 3.17. The third kappa shape index (κ3) is 7.30. The van der Waals surface area contributed by atoms with Crippen LogP contribution in [0.15, 0.2) is 54.6 Å². The zero-order valence-corrected chi connectivity index (χ0v) is 18.1. The Balaban J connectivity index is 1.94. The SMILES string of the molecule is CC(C)(C)[C@@H](CO)NC(=O)[C@H](CCCc1ccc(-c2ccccc2)cc1)CC(=O)O. The first-order valence-electron chi connectivity index (χ1n) is 10.5. The van der Waals surface area contributed by atoms with Crippen LogP contribution < -0.4 is 5.32 Å². The van der Waals surface area contributed by atoms with Crippen molar-refractivity contribution in [1.82, 2.24) is 5.32 Å². The molecule has 0 heterocycles. The van der Waals surface area contributed by atoms with Gasteiger partial charge in [0.15, 0.2) is 0 Å². The minimum Gasteiger partial charge on any atom is -0.481 e. The molecule has 30 heavy (non-hydrogen) atoms. The highest BCUT2D eigenvalue weighted by atomic mass is 16.4. The molecule has 2 rings (SSSR count). The molecule has 0 aliphatic rings. The summed E-state index contributed by atoms with van der Waals surface area (Å²) >= 11 is 0. The number of aryl methyl sites for hydroxylation is 1. The number of rotatable bonds is 10. The fourth-order valence-electron chi connectivity index (χ4n) is 3.41. The van der Waals surface area contributed by atoms with Crippen LogP contribution in [0.5, 0.6) is 0 Å². The lowest BCUT2D eigenvalue weighted by atomic mass is 9.86. The zero-order chi connectivity index (χ0) is 22.1. The van der Waals surface area contributed by atoms with Gasteiger partial charge in [-0.25, -0.2) is 0 Å². The molecule has 0 saturated carbocycles. The number of hydrogen-bond donors (Lipinski definition) is 3. The predicted octanol–water partition coefficient (Wildman–Crippen LogP) is 4.29. The summed E-state index contributed by atoms with van der Waals surface area (Å²) < 4.78 is 0. The topological polar surface area (TPSA) is 86.6 Å². The van der Waals surface area contributed by atoms with Crippen LogP contribution in [-0.2, 0) is 16.0 Å². The van der Waals surface area contributed by atoms with Crippen LogP contribution in [0.4, 0.5) is 0 Å². The Bertz CT molecular complexity index is 809. The Morgan fingerprint density at radius 1 is 0.967 bits per heavy atom. The van der Waals surface area contributed by atoms with Gasteiger partial charge in [-0.15, -0.1) is 0 Å². The van der Waals surface area contributed by atoms with Crippen molar-refractivity contribution in [3.63, 3.8) is 0 Å². The van der Waals surface area contributed by atoms with Crippen molar-refractivity contribution in [2.24, 2.45) is 11.3 Å². The summed E-state index contributed by atoms with van der Waals surface area (Å²) in [6.45, 7) is 5.61. The molecule has 162 valence electrons. The third-order valence-corrected chi connectivity index (χ3v) is 5.42. The van der Waals surface area contributed by atoms with E-state index >= 15 is 0 Å². The van der Waals surface area contributed by atoms with Gasteiger partial charge in [-0.05, 0) is 41.4 Å². The van der Waals surface area contributed by atoms with Crippen LogP contribution in [0, 0.1) is 11.3 Å². The van der Waals surface area contributed by atoms with Crippen molar-refractivity contribution in [2.75, 3.05) is 6.61 Å². The smallest absolute Gasteiger partial charge is 0.304 e. The maximum atomic E-state index is 12.7. The molecule has 1 amide bonds. The molecule has 0 bridgehead atoms. The standard InChI is InChI=1S/C25H33NO4/c1-25(2,3)22(17-27)26-24(30)21(16-23(28)29)11-7-8-18-12-14-20(15-13-18)19-9-5-4-6-10-19/h4-6,9-10,12-15,21-22,27H,7-8,11,16-17H2,1-3H3,(H,26,30)(H,28,29)/t21-,22-/m1/s1. The Morgan fingerprint density at radius 2 is 1.57 bits per heavy atom. The van der Waals surface area contributed by atoms with E-state index in [1.165, 1.54) is 5.56 Å². The molecule has 5 nitrogen and oxygen atoms in total. The van der Waals surface area contributed by atoms with Gasteiger partial charge in [-0.1, -0.05) is 75.4 Å². The van der Waals surface area contributed by atoms with Crippen molar-refractivity contribution in [1.29, 1.82) is 0 Å². The fourth-order valence-corrected chi connectivity index (χ4v) is 3.41. The van der Waals surface area contributed by atoms with Crippen molar-refractivity contribution in [3.05, 3.63) is 60.2 Å². The molecule has 0 spiro atoms. The molecule has 0 radical (unpaired) electrons. The summed E-state index contributed by atoms with van der Waals surface area (Å²) in [5.74, 6) is -1.90. The fraction of sp³-hybridized carbons (Fsp3) is 0.440.